The SMILES string of the molecule is O=C(O)C1C2CCC(CC2)C1NC1C=C(c2ccc(OC(F)(F)F)cc2)N=C(c2c[nH]c3c(F)cc(F)cc23)N1. The zero-order valence-electron chi connectivity index (χ0n) is 20.9. The average Bonchev–Trinajstić information content (AvgIpc) is 3.33. The van der Waals surface area contributed by atoms with Crippen LogP contribution in [0.5, 0.6) is 5.75 Å². The second-order valence-electron chi connectivity index (χ2n) is 10.5. The van der Waals surface area contributed by atoms with Crippen LogP contribution in [0, 0.1) is 29.4 Å². The number of benzene rings is 2. The van der Waals surface area contributed by atoms with Crippen molar-refractivity contribution in [2.45, 2.75) is 44.3 Å². The largest absolute Gasteiger partial charge is 0.573 e. The lowest BCUT2D eigenvalue weighted by atomic mass is 9.61. The lowest BCUT2D eigenvalue weighted by molar-refractivity contribution is -0.274. The first-order valence-electron chi connectivity index (χ1n) is 12.9. The number of rotatable bonds is 6. The Balaban J connectivity index is 1.37. The molecule has 1 aromatic heterocycles. The van der Waals surface area contributed by atoms with E-state index in [9.17, 15) is 31.9 Å². The van der Waals surface area contributed by atoms with E-state index in [0.29, 0.717) is 16.8 Å². The molecular weight excluding hydrogens is 535 g/mol. The number of halogens is 5. The Kier molecular flexibility index (Phi) is 6.52. The van der Waals surface area contributed by atoms with Gasteiger partial charge in [0, 0.05) is 34.8 Å². The van der Waals surface area contributed by atoms with Crippen molar-refractivity contribution in [3.8, 4) is 5.75 Å². The van der Waals surface area contributed by atoms with Crippen molar-refractivity contribution in [2.24, 2.45) is 22.7 Å². The van der Waals surface area contributed by atoms with Crippen LogP contribution in [0.4, 0.5) is 22.0 Å². The smallest absolute Gasteiger partial charge is 0.481 e. The summed E-state index contributed by atoms with van der Waals surface area (Å²) in [7, 11) is 0. The highest BCUT2D eigenvalue weighted by Crippen LogP contribution is 2.45. The summed E-state index contributed by atoms with van der Waals surface area (Å²) in [4.78, 5) is 19.6. The molecule has 210 valence electrons. The minimum absolute atomic E-state index is 0.0703. The van der Waals surface area contributed by atoms with Crippen LogP contribution >= 0.6 is 0 Å². The van der Waals surface area contributed by atoms with E-state index in [-0.39, 0.29) is 34.6 Å². The number of hydrogen-bond acceptors (Lipinski definition) is 5. The van der Waals surface area contributed by atoms with Crippen LogP contribution in [0.25, 0.3) is 16.6 Å². The molecule has 12 heteroatoms. The van der Waals surface area contributed by atoms with Gasteiger partial charge in [-0.05, 0) is 73.9 Å². The summed E-state index contributed by atoms with van der Waals surface area (Å²) in [6, 6.07) is 6.81. The monoisotopic (exact) mass is 560 g/mol. The summed E-state index contributed by atoms with van der Waals surface area (Å²) in [6.07, 6.45) is 1.31. The maximum absolute atomic E-state index is 14.4. The third-order valence-corrected chi connectivity index (χ3v) is 8.07. The van der Waals surface area contributed by atoms with Gasteiger partial charge in [-0.2, -0.15) is 0 Å². The predicted octanol–water partition coefficient (Wildman–Crippen LogP) is 5.54. The minimum atomic E-state index is -4.84. The number of carboxylic acid groups (broad SMARTS) is 1. The summed E-state index contributed by atoms with van der Waals surface area (Å²) in [5, 5.41) is 16.9. The van der Waals surface area contributed by atoms with E-state index >= 15 is 0 Å². The number of amidine groups is 1. The maximum Gasteiger partial charge on any atom is 0.573 e. The van der Waals surface area contributed by atoms with Gasteiger partial charge in [-0.25, -0.2) is 13.8 Å². The van der Waals surface area contributed by atoms with Gasteiger partial charge in [0.15, 0.2) is 0 Å². The topological polar surface area (TPSA) is 98.7 Å². The first-order chi connectivity index (χ1) is 19.1. The summed E-state index contributed by atoms with van der Waals surface area (Å²) in [5.41, 5.74) is 1.31. The zero-order valence-corrected chi connectivity index (χ0v) is 20.9. The first-order valence-corrected chi connectivity index (χ1v) is 12.9. The molecule has 3 saturated carbocycles. The van der Waals surface area contributed by atoms with Crippen molar-refractivity contribution in [1.82, 2.24) is 15.6 Å². The third kappa shape index (κ3) is 5.03. The van der Waals surface area contributed by atoms with Crippen LogP contribution in [0.3, 0.4) is 0 Å². The summed E-state index contributed by atoms with van der Waals surface area (Å²) < 4.78 is 70.4. The number of H-pyrrole nitrogens is 1. The van der Waals surface area contributed by atoms with Crippen molar-refractivity contribution in [1.29, 1.82) is 0 Å². The summed E-state index contributed by atoms with van der Waals surface area (Å²) in [5.74, 6) is -2.86. The van der Waals surface area contributed by atoms with Crippen molar-refractivity contribution in [3.63, 3.8) is 0 Å². The molecule has 7 nitrogen and oxygen atoms in total. The number of carbonyl (C=O) groups is 1. The zero-order chi connectivity index (χ0) is 28.2. The van der Waals surface area contributed by atoms with Crippen LogP contribution in [0.15, 0.2) is 53.7 Å². The van der Waals surface area contributed by atoms with Crippen LogP contribution in [-0.2, 0) is 4.79 Å². The van der Waals surface area contributed by atoms with Crippen LogP contribution in [-0.4, -0.2) is 40.5 Å². The Morgan fingerprint density at radius 2 is 1.75 bits per heavy atom. The Morgan fingerprint density at radius 1 is 1.05 bits per heavy atom. The second kappa shape index (κ2) is 9.92. The Hall–Kier alpha value is -3.93. The van der Waals surface area contributed by atoms with Gasteiger partial charge in [-0.1, -0.05) is 0 Å². The normalized spacial score (nSPS) is 26.3. The molecule has 0 saturated heterocycles. The highest BCUT2D eigenvalue weighted by molar-refractivity contribution is 6.12. The Labute approximate surface area is 225 Å². The molecule has 4 N–H and O–H groups in total. The highest BCUT2D eigenvalue weighted by Gasteiger charge is 2.47. The van der Waals surface area contributed by atoms with Gasteiger partial charge < -0.3 is 20.1 Å². The van der Waals surface area contributed by atoms with Gasteiger partial charge in [0.2, 0.25) is 0 Å². The number of aromatic amines is 1. The molecule has 1 aliphatic heterocycles. The number of nitrogens with one attached hydrogen (secondary N) is 3. The molecule has 0 amide bonds. The summed E-state index contributed by atoms with van der Waals surface area (Å²) >= 11 is 0. The van der Waals surface area contributed by atoms with E-state index in [1.54, 1.807) is 6.08 Å². The molecule has 2 aromatic carbocycles. The minimum Gasteiger partial charge on any atom is -0.481 e. The molecule has 3 aliphatic carbocycles. The number of alkyl halides is 3. The number of hydrogen-bond donors (Lipinski definition) is 4. The molecule has 0 spiro atoms. The highest BCUT2D eigenvalue weighted by atomic mass is 19.4. The van der Waals surface area contributed by atoms with Crippen molar-refractivity contribution in [2.75, 3.05) is 0 Å². The number of ether oxygens (including phenoxy) is 1. The first kappa shape index (κ1) is 26.3. The van der Waals surface area contributed by atoms with Crippen molar-refractivity contribution in [3.05, 3.63) is 71.4 Å². The molecular formula is C28H25F5N4O3. The molecule has 4 aliphatic rings. The van der Waals surface area contributed by atoms with Crippen molar-refractivity contribution < 1.29 is 36.6 Å². The van der Waals surface area contributed by atoms with Crippen LogP contribution < -0.4 is 15.4 Å². The second-order valence-corrected chi connectivity index (χ2v) is 10.5. The number of nitrogens with zero attached hydrogens (tertiary/aromatic N) is 1. The fraction of sp³-hybridized carbons (Fsp3) is 0.357. The number of carboxylic acids is 1. The molecule has 3 unspecified atom stereocenters. The number of aromatic nitrogens is 1. The quantitative estimate of drug-likeness (QED) is 0.297. The lowest BCUT2D eigenvalue weighted by Crippen LogP contribution is -2.60. The molecule has 3 fully saturated rings. The van der Waals surface area contributed by atoms with E-state index in [0.717, 1.165) is 31.7 Å². The van der Waals surface area contributed by atoms with Crippen molar-refractivity contribution >= 4 is 28.4 Å². The maximum atomic E-state index is 14.4. The molecule has 0 radical (unpaired) electrons. The molecule has 3 aromatic rings. The third-order valence-electron chi connectivity index (χ3n) is 8.07. The van der Waals surface area contributed by atoms with Gasteiger partial charge in [-0.3, -0.25) is 10.1 Å². The standard InChI is InChI=1S/C28H25F5N4O3/c29-16-9-18-19(12-34-25(18)20(30)10-16)26-35-21(13-5-7-17(8-6-13)40-28(31,32)33)11-22(37-26)36-24-15-3-1-14(2-4-15)23(24)27(38)39/h5-12,14-15,22-24,34,36H,1-4H2,(H,35,37)(H,38,39). The van der Waals surface area contributed by atoms with Gasteiger partial charge in [-0.15, -0.1) is 13.2 Å². The molecule has 7 rings (SSSR count). The van der Waals surface area contributed by atoms with Gasteiger partial charge in [0.1, 0.15) is 23.2 Å². The van der Waals surface area contributed by atoms with E-state index in [4.69, 9.17) is 0 Å². The fourth-order valence-electron chi connectivity index (χ4n) is 6.36. The number of aliphatic carboxylic acids is 1. The van der Waals surface area contributed by atoms with E-state index < -0.39 is 41.8 Å². The molecule has 2 bridgehead atoms. The lowest BCUT2D eigenvalue weighted by Gasteiger charge is -2.48. The molecule has 2 heterocycles. The molecule has 3 atom stereocenters. The predicted molar refractivity (Wildman–Crippen MR) is 136 cm³/mol. The van der Waals surface area contributed by atoms with Gasteiger partial charge in [0.25, 0.3) is 0 Å². The van der Waals surface area contributed by atoms with Crippen LogP contribution in [0.1, 0.15) is 36.8 Å². The average molecular weight is 561 g/mol. The van der Waals surface area contributed by atoms with Crippen LogP contribution in [0.2, 0.25) is 0 Å². The number of fused-ring (bicyclic) bond motifs is 4. The van der Waals surface area contributed by atoms with E-state index in [1.807, 2.05) is 0 Å². The molecule has 40 heavy (non-hydrogen) atoms. The van der Waals surface area contributed by atoms with Gasteiger partial charge >= 0.3 is 12.3 Å². The van der Waals surface area contributed by atoms with Gasteiger partial charge in [0.05, 0.1) is 23.3 Å². The van der Waals surface area contributed by atoms with E-state index in [1.165, 1.54) is 36.5 Å². The Bertz CT molecular complexity index is 1510. The fourth-order valence-corrected chi connectivity index (χ4v) is 6.36. The number of aliphatic imine (C=N–C) groups is 1. The Morgan fingerprint density at radius 3 is 2.42 bits per heavy atom. The van der Waals surface area contributed by atoms with E-state index in [2.05, 4.69) is 25.3 Å². The summed E-state index contributed by atoms with van der Waals surface area (Å²) in [6.45, 7) is 0.